The first-order valence-electron chi connectivity index (χ1n) is 5.93. The summed E-state index contributed by atoms with van der Waals surface area (Å²) in [6.07, 6.45) is 0. The summed E-state index contributed by atoms with van der Waals surface area (Å²) in [5, 5.41) is 2.26. The molecule has 0 saturated heterocycles. The Kier molecular flexibility index (Phi) is 6.62. The molecule has 106 valence electrons. The van der Waals surface area contributed by atoms with Crippen molar-refractivity contribution in [3.63, 3.8) is 0 Å². The van der Waals surface area contributed by atoms with Crippen molar-refractivity contribution in [1.29, 1.82) is 0 Å². The van der Waals surface area contributed by atoms with Crippen molar-refractivity contribution in [2.24, 2.45) is 0 Å². The number of benzene rings is 1. The number of esters is 1. The molecule has 1 N–H and O–H groups in total. The van der Waals surface area contributed by atoms with Crippen LogP contribution in [0.2, 0.25) is 0 Å². The normalized spacial score (nSPS) is 9.10. The molecule has 0 heterocycles. The van der Waals surface area contributed by atoms with Crippen LogP contribution in [-0.4, -0.2) is 31.6 Å². The number of hydrogen-bond donors (Lipinski definition) is 1. The van der Waals surface area contributed by atoms with Crippen molar-refractivity contribution in [3.05, 3.63) is 30.1 Å². The van der Waals surface area contributed by atoms with Crippen LogP contribution in [0.4, 0.5) is 4.39 Å². The molecule has 0 atom stereocenters. The Morgan fingerprint density at radius 3 is 2.75 bits per heavy atom. The Bertz CT molecular complexity index is 533. The predicted octanol–water partition coefficient (Wildman–Crippen LogP) is 0.887. The highest BCUT2D eigenvalue weighted by atomic mass is 19.1. The molecule has 0 unspecified atom stereocenters. The molecule has 1 amide bonds. The monoisotopic (exact) mass is 279 g/mol. The molecule has 0 aliphatic carbocycles. The molecule has 1 rings (SSSR count). The zero-order chi connectivity index (χ0) is 14.8. The van der Waals surface area contributed by atoms with Crippen LogP contribution in [0.3, 0.4) is 0 Å². The fourth-order valence-electron chi connectivity index (χ4n) is 1.18. The smallest absolute Gasteiger partial charge is 0.396 e. The van der Waals surface area contributed by atoms with Gasteiger partial charge in [0, 0.05) is 0 Å². The topological polar surface area (TPSA) is 64.6 Å². The number of amides is 1. The minimum Gasteiger partial charge on any atom is -0.478 e. The summed E-state index contributed by atoms with van der Waals surface area (Å²) in [5.41, 5.74) is 0. The minimum atomic E-state index is -0.947. The Hall–Kier alpha value is -2.55. The van der Waals surface area contributed by atoms with Crippen LogP contribution in [0.1, 0.15) is 6.92 Å². The van der Waals surface area contributed by atoms with E-state index in [0.29, 0.717) is 0 Å². The summed E-state index contributed by atoms with van der Waals surface area (Å²) in [7, 11) is 0. The number of carbonyl (C=O) groups excluding carboxylic acids is 2. The summed E-state index contributed by atoms with van der Waals surface area (Å²) in [4.78, 5) is 22.0. The third-order valence-corrected chi connectivity index (χ3v) is 2.06. The molecule has 20 heavy (non-hydrogen) atoms. The van der Waals surface area contributed by atoms with Crippen molar-refractivity contribution < 1.29 is 23.5 Å². The molecular formula is C14H14FNO4. The molecule has 0 radical (unpaired) electrons. The third kappa shape index (κ3) is 5.40. The molecule has 0 aliphatic rings. The number of nitrogens with one attached hydrogen (secondary N) is 1. The van der Waals surface area contributed by atoms with Crippen molar-refractivity contribution in [1.82, 2.24) is 5.32 Å². The van der Waals surface area contributed by atoms with E-state index >= 15 is 0 Å². The number of para-hydroxylation sites is 1. The quantitative estimate of drug-likeness (QED) is 0.505. The fourth-order valence-corrected chi connectivity index (χ4v) is 1.18. The van der Waals surface area contributed by atoms with E-state index < -0.39 is 17.7 Å². The van der Waals surface area contributed by atoms with E-state index in [1.807, 2.05) is 0 Å². The van der Waals surface area contributed by atoms with Crippen molar-refractivity contribution in [3.8, 4) is 17.6 Å². The van der Waals surface area contributed by atoms with Crippen LogP contribution in [0.5, 0.6) is 5.75 Å². The number of hydrogen-bond acceptors (Lipinski definition) is 4. The number of rotatable bonds is 4. The Balaban J connectivity index is 2.26. The molecular weight excluding hydrogens is 265 g/mol. The zero-order valence-electron chi connectivity index (χ0n) is 10.9. The zero-order valence-corrected chi connectivity index (χ0v) is 10.9. The van der Waals surface area contributed by atoms with Crippen molar-refractivity contribution in [2.45, 2.75) is 6.92 Å². The van der Waals surface area contributed by atoms with Gasteiger partial charge >= 0.3 is 11.9 Å². The maximum Gasteiger partial charge on any atom is 0.396 e. The molecule has 0 aromatic heterocycles. The summed E-state index contributed by atoms with van der Waals surface area (Å²) < 4.78 is 22.7. The molecule has 0 aliphatic heterocycles. The van der Waals surface area contributed by atoms with Crippen LogP contribution in [0, 0.1) is 17.7 Å². The van der Waals surface area contributed by atoms with Gasteiger partial charge < -0.3 is 14.8 Å². The van der Waals surface area contributed by atoms with E-state index in [1.165, 1.54) is 12.1 Å². The van der Waals surface area contributed by atoms with Gasteiger partial charge in [-0.1, -0.05) is 24.0 Å². The summed E-state index contributed by atoms with van der Waals surface area (Å²) in [6.45, 7) is 1.70. The molecule has 1 aromatic carbocycles. The van der Waals surface area contributed by atoms with Crippen LogP contribution in [0.15, 0.2) is 24.3 Å². The number of ether oxygens (including phenoxy) is 2. The molecule has 0 spiro atoms. The van der Waals surface area contributed by atoms with Gasteiger partial charge in [0.25, 0.3) is 0 Å². The van der Waals surface area contributed by atoms with E-state index in [4.69, 9.17) is 4.74 Å². The standard InChI is InChI=1S/C14H14FNO4/c1-2-19-14(18)13(17)16-9-5-6-10-20-12-8-4-3-7-11(12)15/h3-4,7-8H,2,9-10H2,1H3,(H,16,17). The lowest BCUT2D eigenvalue weighted by molar-refractivity contribution is -0.154. The van der Waals surface area contributed by atoms with Crippen LogP contribution >= 0.6 is 0 Å². The highest BCUT2D eigenvalue weighted by Gasteiger charge is 2.12. The maximum atomic E-state index is 13.2. The van der Waals surface area contributed by atoms with E-state index in [0.717, 1.165) is 0 Å². The van der Waals surface area contributed by atoms with Crippen molar-refractivity contribution >= 4 is 11.9 Å². The van der Waals surface area contributed by atoms with Gasteiger partial charge in [0.15, 0.2) is 11.6 Å². The molecule has 0 bridgehead atoms. The lowest BCUT2D eigenvalue weighted by Crippen LogP contribution is -2.32. The van der Waals surface area contributed by atoms with Gasteiger partial charge in [-0.25, -0.2) is 9.18 Å². The number of halogens is 1. The summed E-state index contributed by atoms with van der Waals surface area (Å²) in [5.74, 6) is 2.99. The Labute approximate surface area is 116 Å². The highest BCUT2D eigenvalue weighted by molar-refractivity contribution is 6.32. The SMILES string of the molecule is CCOC(=O)C(=O)NCC#CCOc1ccccc1F. The molecule has 5 nitrogen and oxygen atoms in total. The van der Waals surface area contributed by atoms with Crippen LogP contribution in [0.25, 0.3) is 0 Å². The van der Waals surface area contributed by atoms with Gasteiger partial charge in [-0.05, 0) is 19.1 Å². The van der Waals surface area contributed by atoms with Crippen LogP contribution < -0.4 is 10.1 Å². The Morgan fingerprint density at radius 1 is 1.30 bits per heavy atom. The molecule has 6 heteroatoms. The van der Waals surface area contributed by atoms with E-state index in [-0.39, 0.29) is 25.5 Å². The van der Waals surface area contributed by atoms with Crippen molar-refractivity contribution in [2.75, 3.05) is 19.8 Å². The average Bonchev–Trinajstić information content (AvgIpc) is 2.44. The first-order valence-corrected chi connectivity index (χ1v) is 5.93. The van der Waals surface area contributed by atoms with E-state index in [9.17, 15) is 14.0 Å². The molecule has 1 aromatic rings. The van der Waals surface area contributed by atoms with Gasteiger partial charge in [-0.3, -0.25) is 4.79 Å². The molecule has 0 fully saturated rings. The lowest BCUT2D eigenvalue weighted by Gasteiger charge is -2.02. The number of carbonyl (C=O) groups is 2. The van der Waals surface area contributed by atoms with Gasteiger partial charge in [0.1, 0.15) is 6.61 Å². The van der Waals surface area contributed by atoms with Crippen LogP contribution in [-0.2, 0) is 14.3 Å². The van der Waals surface area contributed by atoms with E-state index in [2.05, 4.69) is 21.9 Å². The Morgan fingerprint density at radius 2 is 2.05 bits per heavy atom. The average molecular weight is 279 g/mol. The minimum absolute atomic E-state index is 0.0156. The van der Waals surface area contributed by atoms with Gasteiger partial charge in [-0.15, -0.1) is 0 Å². The van der Waals surface area contributed by atoms with Gasteiger partial charge in [0.05, 0.1) is 13.2 Å². The predicted molar refractivity (Wildman–Crippen MR) is 69.3 cm³/mol. The first-order chi connectivity index (χ1) is 9.65. The maximum absolute atomic E-state index is 13.2. The van der Waals surface area contributed by atoms with Gasteiger partial charge in [0.2, 0.25) is 0 Å². The van der Waals surface area contributed by atoms with E-state index in [1.54, 1.807) is 19.1 Å². The summed E-state index contributed by atoms with van der Waals surface area (Å²) >= 11 is 0. The highest BCUT2D eigenvalue weighted by Crippen LogP contribution is 2.14. The first kappa shape index (κ1) is 15.5. The summed E-state index contributed by atoms with van der Waals surface area (Å²) in [6, 6.07) is 5.96. The largest absolute Gasteiger partial charge is 0.478 e. The second-order valence-electron chi connectivity index (χ2n) is 3.48. The van der Waals surface area contributed by atoms with Gasteiger partial charge in [-0.2, -0.15) is 0 Å². The lowest BCUT2D eigenvalue weighted by atomic mass is 10.3. The third-order valence-electron chi connectivity index (χ3n) is 2.06. The second-order valence-corrected chi connectivity index (χ2v) is 3.48. The molecule has 0 saturated carbocycles. The second kappa shape index (κ2) is 8.53. The fraction of sp³-hybridized carbons (Fsp3) is 0.286.